The summed E-state index contributed by atoms with van der Waals surface area (Å²) in [6, 6.07) is 12.1. The maximum Gasteiger partial charge on any atom is 0.241 e. The Morgan fingerprint density at radius 2 is 2.11 bits per heavy atom. The first-order valence-electron chi connectivity index (χ1n) is 5.42. The minimum Gasteiger partial charge on any atom is -0.301 e. The average molecular weight is 277 g/mol. The molecule has 0 radical (unpaired) electrons. The Balaban J connectivity index is 2.16. The highest BCUT2D eigenvalue weighted by Crippen LogP contribution is 2.31. The lowest BCUT2D eigenvalue weighted by molar-refractivity contribution is -0.113. The fourth-order valence-corrected chi connectivity index (χ4v) is 2.83. The lowest BCUT2D eigenvalue weighted by Gasteiger charge is -1.96. The number of carbonyl (C=O) groups excluding carboxylic acids is 1. The molecule has 0 saturated carbocycles. The molecule has 2 aromatic carbocycles. The zero-order valence-corrected chi connectivity index (χ0v) is 10.9. The van der Waals surface area contributed by atoms with Crippen molar-refractivity contribution in [2.45, 2.75) is 0 Å². The molecule has 0 spiro atoms. The number of amides is 1. The van der Waals surface area contributed by atoms with Crippen LogP contribution in [0.4, 0.5) is 5.13 Å². The van der Waals surface area contributed by atoms with Crippen molar-refractivity contribution in [1.29, 1.82) is 0 Å². The second-order valence-corrected chi connectivity index (χ2v) is 5.13. The molecule has 0 aliphatic rings. The van der Waals surface area contributed by atoms with E-state index >= 15 is 0 Å². The molecule has 0 unspecified atom stereocenters. The minimum atomic E-state index is -0.236. The van der Waals surface area contributed by atoms with E-state index in [1.54, 1.807) is 0 Å². The van der Waals surface area contributed by atoms with Gasteiger partial charge in [0.25, 0.3) is 0 Å². The van der Waals surface area contributed by atoms with Crippen molar-refractivity contribution in [3.8, 4) is 0 Å². The molecule has 1 heterocycles. The number of anilines is 1. The van der Waals surface area contributed by atoms with Crippen molar-refractivity contribution < 1.29 is 4.79 Å². The zero-order chi connectivity index (χ0) is 12.5. The monoisotopic (exact) mass is 276 g/mol. The molecule has 1 amide bonds. The highest BCUT2D eigenvalue weighted by atomic mass is 35.5. The lowest BCUT2D eigenvalue weighted by Crippen LogP contribution is -2.11. The van der Waals surface area contributed by atoms with E-state index < -0.39 is 0 Å². The van der Waals surface area contributed by atoms with Crippen molar-refractivity contribution in [3.05, 3.63) is 36.4 Å². The number of hydrogen-bond donors (Lipinski definition) is 1. The van der Waals surface area contributed by atoms with Crippen molar-refractivity contribution in [1.82, 2.24) is 4.98 Å². The second-order valence-electron chi connectivity index (χ2n) is 3.83. The summed E-state index contributed by atoms with van der Waals surface area (Å²) in [4.78, 5) is 15.7. The number of nitrogens with one attached hydrogen (secondary N) is 1. The molecule has 0 saturated heterocycles. The number of aromatic nitrogens is 1. The van der Waals surface area contributed by atoms with Crippen LogP contribution in [0, 0.1) is 0 Å². The first-order chi connectivity index (χ1) is 8.78. The Morgan fingerprint density at radius 3 is 2.94 bits per heavy atom. The van der Waals surface area contributed by atoms with Gasteiger partial charge in [-0.3, -0.25) is 4.79 Å². The molecule has 0 bridgehead atoms. The highest BCUT2D eigenvalue weighted by Gasteiger charge is 2.09. The molecule has 3 aromatic rings. The predicted molar refractivity (Wildman–Crippen MR) is 76.5 cm³/mol. The van der Waals surface area contributed by atoms with Gasteiger partial charge in [-0.05, 0) is 11.5 Å². The van der Waals surface area contributed by atoms with Gasteiger partial charge in [0.1, 0.15) is 5.88 Å². The van der Waals surface area contributed by atoms with E-state index in [1.165, 1.54) is 11.3 Å². The van der Waals surface area contributed by atoms with Crippen LogP contribution in [0.25, 0.3) is 21.0 Å². The number of rotatable bonds is 2. The minimum absolute atomic E-state index is 0.0589. The van der Waals surface area contributed by atoms with Gasteiger partial charge in [-0.2, -0.15) is 0 Å². The molecular weight excluding hydrogens is 268 g/mol. The van der Waals surface area contributed by atoms with E-state index in [1.807, 2.05) is 30.3 Å². The summed E-state index contributed by atoms with van der Waals surface area (Å²) in [7, 11) is 0. The zero-order valence-electron chi connectivity index (χ0n) is 9.31. The largest absolute Gasteiger partial charge is 0.301 e. The van der Waals surface area contributed by atoms with Crippen molar-refractivity contribution in [2.24, 2.45) is 0 Å². The molecular formula is C13H9ClN2OS. The van der Waals surface area contributed by atoms with Crippen LogP contribution in [0.3, 0.4) is 0 Å². The van der Waals surface area contributed by atoms with E-state index in [2.05, 4.69) is 16.4 Å². The molecule has 1 aromatic heterocycles. The normalized spacial score (nSPS) is 10.9. The Labute approximate surface area is 112 Å². The van der Waals surface area contributed by atoms with Crippen LogP contribution < -0.4 is 5.32 Å². The summed E-state index contributed by atoms with van der Waals surface area (Å²) >= 11 is 6.91. The van der Waals surface area contributed by atoms with Gasteiger partial charge in [-0.1, -0.05) is 41.7 Å². The Kier molecular flexibility index (Phi) is 2.89. The standard InChI is InChI=1S/C13H9ClN2OS/c14-7-11(17)15-13-16-12-9-4-2-1-3-8(9)5-6-10(12)18-13/h1-6H,7H2,(H,15,16,17). The van der Waals surface area contributed by atoms with Crippen LogP contribution in [0.15, 0.2) is 36.4 Å². The van der Waals surface area contributed by atoms with E-state index in [9.17, 15) is 4.79 Å². The summed E-state index contributed by atoms with van der Waals surface area (Å²) in [6.07, 6.45) is 0. The number of thiazole rings is 1. The van der Waals surface area contributed by atoms with Crippen LogP contribution in [-0.2, 0) is 4.79 Å². The molecule has 18 heavy (non-hydrogen) atoms. The smallest absolute Gasteiger partial charge is 0.241 e. The molecule has 0 atom stereocenters. The summed E-state index contributed by atoms with van der Waals surface area (Å²) < 4.78 is 1.05. The van der Waals surface area contributed by atoms with Crippen molar-refractivity contribution >= 4 is 55.0 Å². The van der Waals surface area contributed by atoms with Gasteiger partial charge in [-0.25, -0.2) is 4.98 Å². The molecule has 0 fully saturated rings. The quantitative estimate of drug-likeness (QED) is 0.726. The van der Waals surface area contributed by atoms with Gasteiger partial charge in [0.15, 0.2) is 5.13 Å². The molecule has 3 rings (SSSR count). The van der Waals surface area contributed by atoms with E-state index in [0.29, 0.717) is 5.13 Å². The fourth-order valence-electron chi connectivity index (χ4n) is 1.87. The summed E-state index contributed by atoms with van der Waals surface area (Å²) in [5, 5.41) is 5.51. The maximum absolute atomic E-state index is 11.2. The summed E-state index contributed by atoms with van der Waals surface area (Å²) in [6.45, 7) is 0. The fraction of sp³-hybridized carbons (Fsp3) is 0.0769. The van der Waals surface area contributed by atoms with Gasteiger partial charge in [0.2, 0.25) is 5.91 Å². The Morgan fingerprint density at radius 1 is 1.28 bits per heavy atom. The van der Waals surface area contributed by atoms with Crippen LogP contribution >= 0.6 is 22.9 Å². The van der Waals surface area contributed by atoms with Crippen LogP contribution in [-0.4, -0.2) is 16.8 Å². The van der Waals surface area contributed by atoms with E-state index in [-0.39, 0.29) is 11.8 Å². The SMILES string of the molecule is O=C(CCl)Nc1nc2c(ccc3ccccc32)s1. The van der Waals surface area contributed by atoms with Gasteiger partial charge >= 0.3 is 0 Å². The number of nitrogens with zero attached hydrogens (tertiary/aromatic N) is 1. The van der Waals surface area contributed by atoms with Crippen LogP contribution in [0.5, 0.6) is 0 Å². The summed E-state index contributed by atoms with van der Waals surface area (Å²) in [5.41, 5.74) is 0.919. The molecule has 3 nitrogen and oxygen atoms in total. The first-order valence-corrected chi connectivity index (χ1v) is 6.77. The topological polar surface area (TPSA) is 42.0 Å². The third-order valence-electron chi connectivity index (χ3n) is 2.65. The number of halogens is 1. The average Bonchev–Trinajstić information content (AvgIpc) is 2.81. The van der Waals surface area contributed by atoms with Crippen LogP contribution in [0.2, 0.25) is 0 Å². The second kappa shape index (κ2) is 4.55. The third-order valence-corrected chi connectivity index (χ3v) is 3.83. The number of fused-ring (bicyclic) bond motifs is 3. The van der Waals surface area contributed by atoms with Crippen molar-refractivity contribution in [2.75, 3.05) is 11.2 Å². The van der Waals surface area contributed by atoms with Gasteiger partial charge in [0, 0.05) is 5.39 Å². The lowest BCUT2D eigenvalue weighted by atomic mass is 10.1. The van der Waals surface area contributed by atoms with Crippen LogP contribution in [0.1, 0.15) is 0 Å². The van der Waals surface area contributed by atoms with E-state index in [4.69, 9.17) is 11.6 Å². The Bertz CT molecular complexity index is 738. The van der Waals surface area contributed by atoms with Gasteiger partial charge < -0.3 is 5.32 Å². The molecule has 0 aliphatic heterocycles. The molecule has 90 valence electrons. The maximum atomic E-state index is 11.2. The number of benzene rings is 2. The number of hydrogen-bond acceptors (Lipinski definition) is 3. The molecule has 5 heteroatoms. The highest BCUT2D eigenvalue weighted by molar-refractivity contribution is 7.22. The number of carbonyl (C=O) groups is 1. The summed E-state index contributed by atoms with van der Waals surface area (Å²) in [5.74, 6) is -0.295. The third kappa shape index (κ3) is 1.94. The predicted octanol–water partition coefficient (Wildman–Crippen LogP) is 3.63. The van der Waals surface area contributed by atoms with E-state index in [0.717, 1.165) is 21.0 Å². The van der Waals surface area contributed by atoms with Crippen molar-refractivity contribution in [3.63, 3.8) is 0 Å². The van der Waals surface area contributed by atoms with Gasteiger partial charge in [0.05, 0.1) is 10.2 Å². The first kappa shape index (κ1) is 11.4. The number of alkyl halides is 1. The molecule has 0 aliphatic carbocycles. The Hall–Kier alpha value is -1.65. The van der Waals surface area contributed by atoms with Gasteiger partial charge in [-0.15, -0.1) is 11.6 Å². The molecule has 1 N–H and O–H groups in total.